The number of benzene rings is 1. The Hall–Kier alpha value is -2.35. The molecule has 0 saturated heterocycles. The first-order chi connectivity index (χ1) is 9.44. The van der Waals surface area contributed by atoms with Gasteiger partial charge in [-0.15, -0.1) is 5.10 Å². The second-order valence-corrected chi connectivity index (χ2v) is 5.72. The number of methoxy groups -OCH3 is 1. The van der Waals surface area contributed by atoms with Crippen molar-refractivity contribution in [3.8, 4) is 5.75 Å². The zero-order valence-electron chi connectivity index (χ0n) is 11.0. The average molecular weight is 294 g/mol. The van der Waals surface area contributed by atoms with Gasteiger partial charge in [0.2, 0.25) is 0 Å². The van der Waals surface area contributed by atoms with E-state index in [1.165, 1.54) is 25.4 Å². The van der Waals surface area contributed by atoms with Crippen LogP contribution in [-0.2, 0) is 10.0 Å². The van der Waals surface area contributed by atoms with Crippen molar-refractivity contribution >= 4 is 21.5 Å². The van der Waals surface area contributed by atoms with Crippen LogP contribution in [0.1, 0.15) is 5.56 Å². The minimum absolute atomic E-state index is 0.0475. The van der Waals surface area contributed by atoms with E-state index in [1.54, 1.807) is 19.1 Å². The maximum Gasteiger partial charge on any atom is 0.266 e. The molecule has 1 heterocycles. The molecular formula is C12H14N4O3S. The van der Waals surface area contributed by atoms with Crippen LogP contribution in [-0.4, -0.2) is 25.7 Å². The van der Waals surface area contributed by atoms with E-state index in [1.807, 2.05) is 0 Å². The smallest absolute Gasteiger partial charge is 0.266 e. The molecule has 0 fully saturated rings. The molecule has 0 saturated carbocycles. The lowest BCUT2D eigenvalue weighted by atomic mass is 10.2. The number of anilines is 2. The second kappa shape index (κ2) is 5.33. The Balaban J connectivity index is 2.47. The lowest BCUT2D eigenvalue weighted by Crippen LogP contribution is -2.15. The molecule has 0 aliphatic rings. The van der Waals surface area contributed by atoms with Gasteiger partial charge in [0.1, 0.15) is 10.6 Å². The summed E-state index contributed by atoms with van der Waals surface area (Å²) in [6, 6.07) is 5.99. The van der Waals surface area contributed by atoms with E-state index in [0.717, 1.165) is 5.56 Å². The van der Waals surface area contributed by atoms with Crippen LogP contribution in [0.2, 0.25) is 0 Å². The number of nitrogens with zero attached hydrogens (tertiary/aromatic N) is 2. The van der Waals surface area contributed by atoms with Crippen molar-refractivity contribution in [3.63, 3.8) is 0 Å². The summed E-state index contributed by atoms with van der Waals surface area (Å²) in [5.41, 5.74) is 6.86. The molecule has 0 aliphatic heterocycles. The van der Waals surface area contributed by atoms with Gasteiger partial charge in [-0.05, 0) is 36.8 Å². The fourth-order valence-corrected chi connectivity index (χ4v) is 2.78. The van der Waals surface area contributed by atoms with Crippen LogP contribution in [0.15, 0.2) is 35.4 Å². The fraction of sp³-hybridized carbons (Fsp3) is 0.167. The zero-order chi connectivity index (χ0) is 14.8. The lowest BCUT2D eigenvalue weighted by Gasteiger charge is -2.12. The average Bonchev–Trinajstić information content (AvgIpc) is 2.42. The quantitative estimate of drug-likeness (QED) is 0.820. The van der Waals surface area contributed by atoms with E-state index in [9.17, 15) is 8.42 Å². The summed E-state index contributed by atoms with van der Waals surface area (Å²) < 4.78 is 32.1. The maximum atomic E-state index is 12.3. The Morgan fingerprint density at radius 3 is 2.70 bits per heavy atom. The minimum atomic E-state index is -3.85. The van der Waals surface area contributed by atoms with Gasteiger partial charge in [-0.3, -0.25) is 4.72 Å². The number of nitrogens with one attached hydrogen (secondary N) is 1. The molecule has 0 aliphatic carbocycles. The van der Waals surface area contributed by atoms with Gasteiger partial charge in [0.05, 0.1) is 7.11 Å². The molecule has 1 aromatic carbocycles. The van der Waals surface area contributed by atoms with Gasteiger partial charge in [0.15, 0.2) is 5.82 Å². The first-order valence-corrected chi connectivity index (χ1v) is 7.17. The second-order valence-electron chi connectivity index (χ2n) is 4.07. The molecule has 2 rings (SSSR count). The molecule has 0 amide bonds. The molecule has 0 bridgehead atoms. The number of sulfonamides is 1. The molecule has 0 atom stereocenters. The van der Waals surface area contributed by atoms with Crippen LogP contribution in [0, 0.1) is 6.92 Å². The molecular weight excluding hydrogens is 280 g/mol. The number of aromatic nitrogens is 2. The summed E-state index contributed by atoms with van der Waals surface area (Å²) in [7, 11) is -2.46. The van der Waals surface area contributed by atoms with E-state index in [4.69, 9.17) is 10.5 Å². The van der Waals surface area contributed by atoms with Crippen molar-refractivity contribution < 1.29 is 13.2 Å². The van der Waals surface area contributed by atoms with Crippen LogP contribution in [0.25, 0.3) is 0 Å². The highest BCUT2D eigenvalue weighted by atomic mass is 32.2. The van der Waals surface area contributed by atoms with Crippen molar-refractivity contribution in [2.45, 2.75) is 11.8 Å². The Labute approximate surface area is 116 Å². The third kappa shape index (κ3) is 2.80. The number of nitrogen functional groups attached to an aromatic ring is 1. The van der Waals surface area contributed by atoms with E-state index in [2.05, 4.69) is 14.9 Å². The molecule has 2 aromatic rings. The normalized spacial score (nSPS) is 11.1. The van der Waals surface area contributed by atoms with Crippen molar-refractivity contribution in [1.29, 1.82) is 0 Å². The molecule has 0 spiro atoms. The van der Waals surface area contributed by atoms with Gasteiger partial charge in [0, 0.05) is 11.9 Å². The van der Waals surface area contributed by atoms with Crippen LogP contribution >= 0.6 is 0 Å². The van der Waals surface area contributed by atoms with Crippen molar-refractivity contribution in [1.82, 2.24) is 10.2 Å². The predicted octanol–water partition coefficient (Wildman–Crippen LogP) is 1.18. The molecule has 8 heteroatoms. The summed E-state index contributed by atoms with van der Waals surface area (Å²) in [5.74, 6) is 0.335. The number of rotatable bonds is 4. The van der Waals surface area contributed by atoms with E-state index < -0.39 is 10.0 Å². The summed E-state index contributed by atoms with van der Waals surface area (Å²) in [4.78, 5) is -0.0475. The van der Waals surface area contributed by atoms with Gasteiger partial charge in [-0.1, -0.05) is 0 Å². The lowest BCUT2D eigenvalue weighted by molar-refractivity contribution is 0.402. The Bertz CT molecular complexity index is 717. The van der Waals surface area contributed by atoms with Gasteiger partial charge in [-0.25, -0.2) is 8.42 Å². The van der Waals surface area contributed by atoms with Crippen LogP contribution in [0.5, 0.6) is 5.75 Å². The molecule has 0 radical (unpaired) electrons. The Morgan fingerprint density at radius 2 is 2.10 bits per heavy atom. The standard InChI is InChI=1S/C12H14N4O3S/c1-8-6-10(19-2)11(7-9(8)13)20(17,18)16-12-4-3-5-14-15-12/h3-7H,13H2,1-2H3,(H,15,16). The van der Waals surface area contributed by atoms with Crippen LogP contribution in [0.4, 0.5) is 11.5 Å². The van der Waals surface area contributed by atoms with Crippen molar-refractivity contribution in [2.75, 3.05) is 17.6 Å². The van der Waals surface area contributed by atoms with Gasteiger partial charge < -0.3 is 10.5 Å². The first kappa shape index (κ1) is 14.1. The van der Waals surface area contributed by atoms with E-state index in [-0.39, 0.29) is 16.5 Å². The number of aryl methyl sites for hydroxylation is 1. The van der Waals surface area contributed by atoms with Gasteiger partial charge >= 0.3 is 0 Å². The molecule has 1 aromatic heterocycles. The zero-order valence-corrected chi connectivity index (χ0v) is 11.8. The van der Waals surface area contributed by atoms with E-state index >= 15 is 0 Å². The third-order valence-electron chi connectivity index (χ3n) is 2.65. The molecule has 3 N–H and O–H groups in total. The summed E-state index contributed by atoms with van der Waals surface area (Å²) in [6.07, 6.45) is 1.45. The number of hydrogen-bond donors (Lipinski definition) is 2. The van der Waals surface area contributed by atoms with Crippen LogP contribution < -0.4 is 15.2 Å². The highest BCUT2D eigenvalue weighted by Crippen LogP contribution is 2.29. The monoisotopic (exact) mass is 294 g/mol. The molecule has 106 valence electrons. The summed E-state index contributed by atoms with van der Waals surface area (Å²) in [6.45, 7) is 1.77. The van der Waals surface area contributed by atoms with E-state index in [0.29, 0.717) is 5.69 Å². The maximum absolute atomic E-state index is 12.3. The van der Waals surface area contributed by atoms with Gasteiger partial charge in [-0.2, -0.15) is 5.10 Å². The summed E-state index contributed by atoms with van der Waals surface area (Å²) in [5, 5.41) is 7.28. The highest BCUT2D eigenvalue weighted by molar-refractivity contribution is 7.92. The summed E-state index contributed by atoms with van der Waals surface area (Å²) >= 11 is 0. The number of nitrogens with two attached hydrogens (primary N) is 1. The SMILES string of the molecule is COc1cc(C)c(N)cc1S(=O)(=O)Nc1cccnn1. The van der Waals surface area contributed by atoms with Crippen molar-refractivity contribution in [3.05, 3.63) is 36.0 Å². The number of hydrogen-bond acceptors (Lipinski definition) is 6. The highest BCUT2D eigenvalue weighted by Gasteiger charge is 2.21. The topological polar surface area (TPSA) is 107 Å². The van der Waals surface area contributed by atoms with Gasteiger partial charge in [0.25, 0.3) is 10.0 Å². The Kier molecular flexibility index (Phi) is 3.75. The Morgan fingerprint density at radius 1 is 1.35 bits per heavy atom. The molecule has 7 nitrogen and oxygen atoms in total. The number of ether oxygens (including phenoxy) is 1. The van der Waals surface area contributed by atoms with Crippen LogP contribution in [0.3, 0.4) is 0 Å². The third-order valence-corrected chi connectivity index (χ3v) is 4.03. The first-order valence-electron chi connectivity index (χ1n) is 5.68. The largest absolute Gasteiger partial charge is 0.495 e. The predicted molar refractivity (Wildman–Crippen MR) is 75.0 cm³/mol. The molecule has 0 unspecified atom stereocenters. The molecule has 20 heavy (non-hydrogen) atoms. The van der Waals surface area contributed by atoms with Crippen molar-refractivity contribution in [2.24, 2.45) is 0 Å². The minimum Gasteiger partial charge on any atom is -0.495 e. The fourth-order valence-electron chi connectivity index (χ4n) is 1.60.